The fourth-order valence-electron chi connectivity index (χ4n) is 5.53. The maximum atomic E-state index is 14.1. The van der Waals surface area contributed by atoms with E-state index in [0.29, 0.717) is 26.6 Å². The molecule has 4 aromatic rings. The number of methoxy groups -OCH3 is 4. The summed E-state index contributed by atoms with van der Waals surface area (Å²) in [5.74, 6) is 2.29. The number of thiazole rings is 1. The number of ether oxygens (including phenoxy) is 4. The molecule has 1 aliphatic carbocycles. The van der Waals surface area contributed by atoms with Crippen molar-refractivity contribution in [3.63, 3.8) is 0 Å². The zero-order valence-corrected chi connectivity index (χ0v) is 23.0. The number of hydrogen-bond acceptors (Lipinski definition) is 7. The Labute approximate surface area is 229 Å². The second kappa shape index (κ2) is 10.1. The highest BCUT2D eigenvalue weighted by molar-refractivity contribution is 7.07. The molecule has 1 atom stereocenters. The number of allylic oxidation sites excluding steroid dienone is 1. The van der Waals surface area contributed by atoms with Gasteiger partial charge >= 0.3 is 0 Å². The van der Waals surface area contributed by atoms with E-state index in [0.717, 1.165) is 46.6 Å². The van der Waals surface area contributed by atoms with Crippen LogP contribution < -0.4 is 33.8 Å². The number of rotatable bonds is 6. The third-order valence-corrected chi connectivity index (χ3v) is 8.27. The zero-order chi connectivity index (χ0) is 27.1. The van der Waals surface area contributed by atoms with Crippen LogP contribution in [0.15, 0.2) is 76.0 Å². The van der Waals surface area contributed by atoms with Crippen LogP contribution in [0.25, 0.3) is 11.8 Å². The fourth-order valence-corrected chi connectivity index (χ4v) is 6.53. The van der Waals surface area contributed by atoms with Crippen LogP contribution in [0.2, 0.25) is 0 Å². The molecule has 2 aliphatic rings. The third-order valence-electron chi connectivity index (χ3n) is 7.29. The molecule has 8 heteroatoms. The predicted octanol–water partition coefficient (Wildman–Crippen LogP) is 4.35. The number of fused-ring (bicyclic) bond motifs is 3. The van der Waals surface area contributed by atoms with E-state index in [9.17, 15) is 4.79 Å². The Morgan fingerprint density at radius 3 is 2.28 bits per heavy atom. The van der Waals surface area contributed by atoms with Crippen LogP contribution in [0.3, 0.4) is 0 Å². The average Bonchev–Trinajstić information content (AvgIpc) is 3.29. The monoisotopic (exact) mass is 540 g/mol. The maximum absolute atomic E-state index is 14.1. The SMILES string of the molecule is COc1ccccc1[C@@H]1C2=C(N=c3sc(=Cc4cc(OC)c(OC)c(OC)c4)c(=O)n31)c1ccccc1CC2. The molecule has 39 heavy (non-hydrogen) atoms. The summed E-state index contributed by atoms with van der Waals surface area (Å²) < 4.78 is 24.7. The fraction of sp³-hybridized carbons (Fsp3) is 0.226. The minimum absolute atomic E-state index is 0.103. The predicted molar refractivity (Wildman–Crippen MR) is 152 cm³/mol. The van der Waals surface area contributed by atoms with Gasteiger partial charge in [0.15, 0.2) is 16.3 Å². The van der Waals surface area contributed by atoms with Gasteiger partial charge < -0.3 is 18.9 Å². The minimum atomic E-state index is -0.317. The van der Waals surface area contributed by atoms with Crippen LogP contribution in [0.1, 0.15) is 34.7 Å². The van der Waals surface area contributed by atoms with E-state index < -0.39 is 0 Å². The zero-order valence-electron chi connectivity index (χ0n) is 22.2. The van der Waals surface area contributed by atoms with Gasteiger partial charge in [0.25, 0.3) is 5.56 Å². The molecule has 1 aromatic heterocycles. The van der Waals surface area contributed by atoms with Crippen molar-refractivity contribution >= 4 is 23.1 Å². The van der Waals surface area contributed by atoms with Crippen molar-refractivity contribution in [2.75, 3.05) is 28.4 Å². The first-order valence-corrected chi connectivity index (χ1v) is 13.5. The normalized spacial score (nSPS) is 16.1. The molecule has 6 rings (SSSR count). The number of aryl methyl sites for hydroxylation is 1. The highest BCUT2D eigenvalue weighted by Crippen LogP contribution is 2.43. The van der Waals surface area contributed by atoms with Crippen LogP contribution in [-0.4, -0.2) is 33.0 Å². The van der Waals surface area contributed by atoms with Crippen molar-refractivity contribution in [3.05, 3.63) is 108 Å². The Hall–Kier alpha value is -4.30. The van der Waals surface area contributed by atoms with Gasteiger partial charge in [0.05, 0.1) is 44.7 Å². The molecule has 0 N–H and O–H groups in total. The van der Waals surface area contributed by atoms with Crippen molar-refractivity contribution in [1.29, 1.82) is 0 Å². The van der Waals surface area contributed by atoms with E-state index in [2.05, 4.69) is 18.2 Å². The van der Waals surface area contributed by atoms with Gasteiger partial charge in [-0.1, -0.05) is 53.8 Å². The lowest BCUT2D eigenvalue weighted by Gasteiger charge is -2.31. The summed E-state index contributed by atoms with van der Waals surface area (Å²) in [5, 5.41) is 0. The number of nitrogens with zero attached hydrogens (tertiary/aromatic N) is 2. The van der Waals surface area contributed by atoms with E-state index >= 15 is 0 Å². The first-order valence-electron chi connectivity index (χ1n) is 12.6. The minimum Gasteiger partial charge on any atom is -0.496 e. The number of para-hydroxylation sites is 1. The number of benzene rings is 3. The van der Waals surface area contributed by atoms with Crippen LogP contribution in [-0.2, 0) is 6.42 Å². The van der Waals surface area contributed by atoms with Crippen LogP contribution in [0.5, 0.6) is 23.0 Å². The van der Waals surface area contributed by atoms with Crippen LogP contribution >= 0.6 is 11.3 Å². The second-order valence-corrected chi connectivity index (χ2v) is 10.3. The van der Waals surface area contributed by atoms with Gasteiger partial charge in [-0.05, 0) is 53.8 Å². The molecular weight excluding hydrogens is 512 g/mol. The van der Waals surface area contributed by atoms with Crippen LogP contribution in [0, 0.1) is 0 Å². The van der Waals surface area contributed by atoms with Gasteiger partial charge in [-0.15, -0.1) is 0 Å². The molecule has 2 heterocycles. The second-order valence-electron chi connectivity index (χ2n) is 9.31. The summed E-state index contributed by atoms with van der Waals surface area (Å²) in [6, 6.07) is 19.7. The van der Waals surface area contributed by atoms with Gasteiger partial charge in [0.1, 0.15) is 5.75 Å². The average molecular weight is 541 g/mol. The van der Waals surface area contributed by atoms with Gasteiger partial charge in [-0.2, -0.15) is 0 Å². The van der Waals surface area contributed by atoms with E-state index in [1.165, 1.54) is 16.9 Å². The topological polar surface area (TPSA) is 71.3 Å². The standard InChI is InChI=1S/C31H28N2O5S/c1-35-23-12-8-7-11-21(23)28-22-14-13-19-9-5-6-10-20(19)27(22)32-31-33(28)30(34)26(39-31)17-18-15-24(36-2)29(38-4)25(16-18)37-3/h5-12,15-17,28H,13-14H2,1-4H3/t28-/m1/s1. The lowest BCUT2D eigenvalue weighted by atomic mass is 9.83. The van der Waals surface area contributed by atoms with Gasteiger partial charge in [0.2, 0.25) is 5.75 Å². The van der Waals surface area contributed by atoms with Gasteiger partial charge in [-0.3, -0.25) is 9.36 Å². The lowest BCUT2D eigenvalue weighted by molar-refractivity contribution is 0.324. The van der Waals surface area contributed by atoms with E-state index in [1.54, 1.807) is 28.4 Å². The molecule has 198 valence electrons. The number of aromatic nitrogens is 1. The highest BCUT2D eigenvalue weighted by Gasteiger charge is 2.34. The Morgan fingerprint density at radius 2 is 1.56 bits per heavy atom. The lowest BCUT2D eigenvalue weighted by Crippen LogP contribution is -2.39. The summed E-state index contributed by atoms with van der Waals surface area (Å²) >= 11 is 1.38. The van der Waals surface area contributed by atoms with Gasteiger partial charge in [0, 0.05) is 11.1 Å². The molecule has 0 saturated carbocycles. The highest BCUT2D eigenvalue weighted by atomic mass is 32.1. The molecule has 0 bridgehead atoms. The molecule has 1 aliphatic heterocycles. The van der Waals surface area contributed by atoms with Crippen LogP contribution in [0.4, 0.5) is 0 Å². The summed E-state index contributed by atoms with van der Waals surface area (Å²) in [7, 11) is 6.38. The smallest absolute Gasteiger partial charge is 0.271 e. The molecule has 0 amide bonds. The molecule has 0 spiro atoms. The van der Waals surface area contributed by atoms with E-state index in [4.69, 9.17) is 23.9 Å². The molecule has 0 radical (unpaired) electrons. The molecule has 3 aromatic carbocycles. The first kappa shape index (κ1) is 25.0. The Morgan fingerprint density at radius 1 is 0.872 bits per heavy atom. The maximum Gasteiger partial charge on any atom is 0.271 e. The summed E-state index contributed by atoms with van der Waals surface area (Å²) in [4.78, 5) is 19.8. The van der Waals surface area contributed by atoms with E-state index in [-0.39, 0.29) is 11.6 Å². The molecule has 7 nitrogen and oxygen atoms in total. The summed E-state index contributed by atoms with van der Waals surface area (Å²) in [6.07, 6.45) is 3.56. The van der Waals surface area contributed by atoms with Crippen molar-refractivity contribution in [1.82, 2.24) is 4.57 Å². The summed E-state index contributed by atoms with van der Waals surface area (Å²) in [5.41, 5.74) is 6.09. The van der Waals surface area contributed by atoms with Crippen molar-refractivity contribution in [2.24, 2.45) is 4.99 Å². The van der Waals surface area contributed by atoms with E-state index in [1.807, 2.05) is 53.1 Å². The van der Waals surface area contributed by atoms with Crippen molar-refractivity contribution in [2.45, 2.75) is 18.9 Å². The van der Waals surface area contributed by atoms with Gasteiger partial charge in [-0.25, -0.2) is 4.99 Å². The quantitative estimate of drug-likeness (QED) is 0.364. The Balaban J connectivity index is 1.61. The summed E-state index contributed by atoms with van der Waals surface area (Å²) in [6.45, 7) is 0. The third kappa shape index (κ3) is 4.12. The van der Waals surface area contributed by atoms with Crippen molar-refractivity contribution in [3.8, 4) is 23.0 Å². The Bertz CT molecular complexity index is 1780. The first-order chi connectivity index (χ1) is 19.1. The van der Waals surface area contributed by atoms with Crippen molar-refractivity contribution < 1.29 is 18.9 Å². The molecular formula is C31H28N2O5S. The molecule has 0 unspecified atom stereocenters. The molecule has 0 saturated heterocycles. The Kier molecular flexibility index (Phi) is 6.48. The molecule has 0 fully saturated rings. The largest absolute Gasteiger partial charge is 0.496 e. The number of hydrogen-bond donors (Lipinski definition) is 0.